The van der Waals surface area contributed by atoms with Gasteiger partial charge in [-0.1, -0.05) is 11.6 Å². The van der Waals surface area contributed by atoms with Crippen LogP contribution in [0.3, 0.4) is 0 Å². The zero-order chi connectivity index (χ0) is 13.3. The highest BCUT2D eigenvalue weighted by atomic mass is 35.5. The van der Waals surface area contributed by atoms with Crippen molar-refractivity contribution in [1.82, 2.24) is 0 Å². The molecule has 1 heterocycles. The zero-order valence-electron chi connectivity index (χ0n) is 9.53. The number of fused-ring (bicyclic) bond motifs is 1. The molecule has 0 spiro atoms. The Morgan fingerprint density at radius 3 is 2.67 bits per heavy atom. The monoisotopic (exact) mass is 264 g/mol. The van der Waals surface area contributed by atoms with Crippen LogP contribution in [0.15, 0.2) is 33.5 Å². The van der Waals surface area contributed by atoms with Crippen molar-refractivity contribution in [2.45, 2.75) is 13.3 Å². The van der Waals surface area contributed by atoms with Crippen molar-refractivity contribution in [1.29, 1.82) is 0 Å². The van der Waals surface area contributed by atoms with E-state index in [-0.39, 0.29) is 17.8 Å². The summed E-state index contributed by atoms with van der Waals surface area (Å²) in [6, 6.07) is 6.13. The molecule has 0 atom stereocenters. The first-order valence-electron chi connectivity index (χ1n) is 5.23. The predicted octanol–water partition coefficient (Wildman–Crippen LogP) is 2.61. The molecule has 0 fully saturated rings. The van der Waals surface area contributed by atoms with Gasteiger partial charge in [-0.3, -0.25) is 9.59 Å². The Balaban J connectivity index is 2.58. The molecule has 0 radical (unpaired) electrons. The van der Waals surface area contributed by atoms with Gasteiger partial charge in [-0.2, -0.15) is 0 Å². The minimum Gasteiger partial charge on any atom is -0.422 e. The van der Waals surface area contributed by atoms with Gasteiger partial charge >= 0.3 is 5.63 Å². The fourth-order valence-corrected chi connectivity index (χ4v) is 1.79. The number of carbonyl (C=O) groups is 2. The van der Waals surface area contributed by atoms with Gasteiger partial charge in [0.1, 0.15) is 16.9 Å². The lowest BCUT2D eigenvalue weighted by molar-refractivity contribution is -0.116. The number of hydrogen-bond donors (Lipinski definition) is 0. The number of halogens is 1. The summed E-state index contributed by atoms with van der Waals surface area (Å²) in [4.78, 5) is 34.2. The van der Waals surface area contributed by atoms with E-state index in [1.54, 1.807) is 18.2 Å². The molecule has 0 saturated heterocycles. The Morgan fingerprint density at radius 1 is 1.28 bits per heavy atom. The first-order valence-corrected chi connectivity index (χ1v) is 5.61. The largest absolute Gasteiger partial charge is 0.422 e. The summed E-state index contributed by atoms with van der Waals surface area (Å²) in [6.45, 7) is 1.29. The van der Waals surface area contributed by atoms with E-state index in [4.69, 9.17) is 16.0 Å². The molecule has 2 aromatic rings. The third-order valence-electron chi connectivity index (χ3n) is 2.40. The molecule has 18 heavy (non-hydrogen) atoms. The Morgan fingerprint density at radius 2 is 2.00 bits per heavy atom. The molecular weight excluding hydrogens is 256 g/mol. The molecule has 0 N–H and O–H groups in total. The SMILES string of the molecule is CC(=O)CC(=O)c1cc2cc(Cl)ccc2oc1=O. The van der Waals surface area contributed by atoms with Gasteiger partial charge < -0.3 is 4.42 Å². The Bertz CT molecular complexity index is 700. The van der Waals surface area contributed by atoms with Crippen molar-refractivity contribution in [2.75, 3.05) is 0 Å². The highest BCUT2D eigenvalue weighted by Crippen LogP contribution is 2.19. The van der Waals surface area contributed by atoms with Crippen LogP contribution in [0.25, 0.3) is 11.0 Å². The molecule has 0 aliphatic heterocycles. The molecule has 1 aromatic carbocycles. The number of ketones is 2. The zero-order valence-corrected chi connectivity index (χ0v) is 10.3. The summed E-state index contributed by atoms with van der Waals surface area (Å²) in [5.74, 6) is -0.844. The van der Waals surface area contributed by atoms with Gasteiger partial charge in [0.2, 0.25) is 0 Å². The van der Waals surface area contributed by atoms with Gasteiger partial charge in [0, 0.05) is 10.4 Å². The Hall–Kier alpha value is -1.94. The molecule has 1 aromatic heterocycles. The van der Waals surface area contributed by atoms with E-state index in [9.17, 15) is 14.4 Å². The normalized spacial score (nSPS) is 10.6. The first kappa shape index (κ1) is 12.5. The highest BCUT2D eigenvalue weighted by molar-refractivity contribution is 6.31. The first-order chi connectivity index (χ1) is 8.47. The van der Waals surface area contributed by atoms with Crippen LogP contribution in [0.2, 0.25) is 5.02 Å². The van der Waals surface area contributed by atoms with E-state index in [1.807, 2.05) is 0 Å². The molecule has 92 valence electrons. The smallest absolute Gasteiger partial charge is 0.347 e. The van der Waals surface area contributed by atoms with Crippen molar-refractivity contribution in [2.24, 2.45) is 0 Å². The highest BCUT2D eigenvalue weighted by Gasteiger charge is 2.15. The maximum atomic E-state index is 11.7. The fourth-order valence-electron chi connectivity index (χ4n) is 1.61. The Labute approximate surface area is 107 Å². The second-order valence-corrected chi connectivity index (χ2v) is 4.37. The lowest BCUT2D eigenvalue weighted by Gasteiger charge is -2.01. The van der Waals surface area contributed by atoms with Gasteiger partial charge in [0.15, 0.2) is 5.78 Å². The molecule has 0 bridgehead atoms. The number of Topliss-reactive ketones (excluding diaryl/α,β-unsaturated/α-hetero) is 2. The van der Waals surface area contributed by atoms with E-state index in [0.717, 1.165) is 0 Å². The summed E-state index contributed by atoms with van der Waals surface area (Å²) in [5.41, 5.74) is -0.514. The quantitative estimate of drug-likeness (QED) is 0.486. The van der Waals surface area contributed by atoms with E-state index in [1.165, 1.54) is 13.0 Å². The fraction of sp³-hybridized carbons (Fsp3) is 0.154. The van der Waals surface area contributed by atoms with Crippen molar-refractivity contribution >= 4 is 34.1 Å². The van der Waals surface area contributed by atoms with Crippen LogP contribution in [-0.2, 0) is 4.79 Å². The molecule has 0 amide bonds. The summed E-state index contributed by atoms with van der Waals surface area (Å²) in [5, 5.41) is 1.02. The lowest BCUT2D eigenvalue weighted by Crippen LogP contribution is -2.15. The molecule has 0 aliphatic carbocycles. The Kier molecular flexibility index (Phi) is 3.30. The maximum Gasteiger partial charge on any atom is 0.347 e. The molecule has 4 nitrogen and oxygen atoms in total. The molecular formula is C13H9ClO4. The number of hydrogen-bond acceptors (Lipinski definition) is 4. The molecule has 2 rings (SSSR count). The average molecular weight is 265 g/mol. The van der Waals surface area contributed by atoms with Crippen LogP contribution in [-0.4, -0.2) is 11.6 Å². The topological polar surface area (TPSA) is 64.3 Å². The van der Waals surface area contributed by atoms with Crippen molar-refractivity contribution < 1.29 is 14.0 Å². The van der Waals surface area contributed by atoms with Crippen LogP contribution in [0.1, 0.15) is 23.7 Å². The average Bonchev–Trinajstić information content (AvgIpc) is 2.27. The second kappa shape index (κ2) is 4.74. The number of benzene rings is 1. The van der Waals surface area contributed by atoms with E-state index < -0.39 is 11.4 Å². The van der Waals surface area contributed by atoms with Gasteiger partial charge in [-0.05, 0) is 31.2 Å². The third-order valence-corrected chi connectivity index (χ3v) is 2.64. The number of rotatable bonds is 3. The predicted molar refractivity (Wildman–Crippen MR) is 67.1 cm³/mol. The summed E-state index contributed by atoms with van der Waals surface area (Å²) >= 11 is 5.82. The molecule has 0 aliphatic rings. The van der Waals surface area contributed by atoms with E-state index in [2.05, 4.69) is 0 Å². The van der Waals surface area contributed by atoms with Crippen molar-refractivity contribution in [3.63, 3.8) is 0 Å². The summed E-state index contributed by atoms with van der Waals surface area (Å²) in [6.07, 6.45) is -0.309. The van der Waals surface area contributed by atoms with Gasteiger partial charge in [0.25, 0.3) is 0 Å². The van der Waals surface area contributed by atoms with Crippen LogP contribution in [0.5, 0.6) is 0 Å². The third kappa shape index (κ3) is 2.49. The van der Waals surface area contributed by atoms with E-state index in [0.29, 0.717) is 16.0 Å². The van der Waals surface area contributed by atoms with Crippen LogP contribution in [0, 0.1) is 0 Å². The van der Waals surface area contributed by atoms with Crippen molar-refractivity contribution in [3.8, 4) is 0 Å². The van der Waals surface area contributed by atoms with Crippen LogP contribution >= 0.6 is 11.6 Å². The number of carbonyl (C=O) groups excluding carboxylic acids is 2. The second-order valence-electron chi connectivity index (χ2n) is 3.93. The van der Waals surface area contributed by atoms with Gasteiger partial charge in [-0.15, -0.1) is 0 Å². The molecule has 0 unspecified atom stereocenters. The standard InChI is InChI=1S/C13H9ClO4/c1-7(15)4-11(16)10-6-8-5-9(14)2-3-12(8)18-13(10)17/h2-3,5-6H,4H2,1H3. The van der Waals surface area contributed by atoms with Crippen LogP contribution in [0.4, 0.5) is 0 Å². The van der Waals surface area contributed by atoms with Gasteiger partial charge in [-0.25, -0.2) is 4.79 Å². The van der Waals surface area contributed by atoms with E-state index >= 15 is 0 Å². The minimum atomic E-state index is -0.740. The minimum absolute atomic E-state index is 0.125. The van der Waals surface area contributed by atoms with Gasteiger partial charge in [0.05, 0.1) is 6.42 Å². The lowest BCUT2D eigenvalue weighted by atomic mass is 10.1. The summed E-state index contributed by atoms with van der Waals surface area (Å²) in [7, 11) is 0. The van der Waals surface area contributed by atoms with Crippen LogP contribution < -0.4 is 5.63 Å². The summed E-state index contributed by atoms with van der Waals surface area (Å²) < 4.78 is 5.00. The maximum absolute atomic E-state index is 11.7. The molecule has 5 heteroatoms. The van der Waals surface area contributed by atoms with Crippen molar-refractivity contribution in [3.05, 3.63) is 45.3 Å². The molecule has 0 saturated carbocycles.